The van der Waals surface area contributed by atoms with E-state index < -0.39 is 14.3 Å². The van der Waals surface area contributed by atoms with Gasteiger partial charge in [0.15, 0.2) is 0 Å². The van der Waals surface area contributed by atoms with Gasteiger partial charge < -0.3 is 0 Å². The van der Waals surface area contributed by atoms with Crippen molar-refractivity contribution >= 4 is 42.0 Å². The van der Waals surface area contributed by atoms with Gasteiger partial charge in [-0.1, -0.05) is 0 Å². The molecular formula is C29H39BN3O3P. The number of carbonyl (C=O) groups excluding carboxylic acids is 2. The summed E-state index contributed by atoms with van der Waals surface area (Å²) in [5.74, 6) is -0.0903. The van der Waals surface area contributed by atoms with Crippen molar-refractivity contribution in [3.05, 3.63) is 91.0 Å². The minimum absolute atomic E-state index is 0.000896. The van der Waals surface area contributed by atoms with Gasteiger partial charge in [0.1, 0.15) is 0 Å². The zero-order valence-electron chi connectivity index (χ0n) is 22.4. The molecule has 0 saturated carbocycles. The summed E-state index contributed by atoms with van der Waals surface area (Å²) in [5.41, 5.74) is 0. The first kappa shape index (κ1) is 28.6. The van der Waals surface area contributed by atoms with E-state index in [0.29, 0.717) is 19.6 Å². The van der Waals surface area contributed by atoms with Crippen LogP contribution in [0.15, 0.2) is 91.0 Å². The van der Waals surface area contributed by atoms with E-state index in [1.165, 1.54) is 15.9 Å². The quantitative estimate of drug-likeness (QED) is 0.294. The molecule has 0 saturated heterocycles. The Hall–Kier alpha value is -2.99. The summed E-state index contributed by atoms with van der Waals surface area (Å²) in [7, 11) is 0.301. The standard InChI is InChI=1S/C29H39BN3O3P/c1-25(34)33(21-20-31(3)29(35)24-32(4)30(2)36)22-23-37(26-14-8-5-9-15-26,27-16-10-6-11-17-27)28-18-12-7-13-19-28/h5-19,36-37H,20-24H2,1-4H3. The van der Waals surface area contributed by atoms with Crippen molar-refractivity contribution in [1.29, 1.82) is 0 Å². The third-order valence-electron chi connectivity index (χ3n) is 7.16. The fourth-order valence-electron chi connectivity index (χ4n) is 4.69. The molecule has 0 unspecified atom stereocenters. The Balaban J connectivity index is 1.87. The first-order valence-electron chi connectivity index (χ1n) is 12.8. The van der Waals surface area contributed by atoms with Gasteiger partial charge in [-0.05, 0) is 0 Å². The van der Waals surface area contributed by atoms with Crippen LogP contribution in [0.4, 0.5) is 0 Å². The fourth-order valence-corrected chi connectivity index (χ4v) is 9.45. The van der Waals surface area contributed by atoms with Crippen LogP contribution in [0, 0.1) is 0 Å². The second-order valence-corrected chi connectivity index (χ2v) is 13.7. The molecular weight excluding hydrogens is 480 g/mol. The molecule has 0 heterocycles. The van der Waals surface area contributed by atoms with Gasteiger partial charge in [0, 0.05) is 0 Å². The Morgan fingerprint density at radius 2 is 1.19 bits per heavy atom. The second-order valence-electron chi connectivity index (χ2n) is 9.62. The first-order valence-corrected chi connectivity index (χ1v) is 15.0. The van der Waals surface area contributed by atoms with Crippen LogP contribution in [0.5, 0.6) is 0 Å². The van der Waals surface area contributed by atoms with E-state index in [2.05, 4.69) is 72.8 Å². The molecule has 0 aliphatic carbocycles. The van der Waals surface area contributed by atoms with Crippen molar-refractivity contribution in [2.75, 3.05) is 46.4 Å². The summed E-state index contributed by atoms with van der Waals surface area (Å²) in [5, 5.41) is 13.6. The summed E-state index contributed by atoms with van der Waals surface area (Å²) in [6.45, 7) is 4.84. The number of amides is 2. The maximum absolute atomic E-state index is 12.7. The number of nitrogens with zero attached hydrogens (tertiary/aromatic N) is 3. The molecule has 0 radical (unpaired) electrons. The van der Waals surface area contributed by atoms with E-state index in [9.17, 15) is 14.6 Å². The average molecular weight is 519 g/mol. The van der Waals surface area contributed by atoms with Crippen LogP contribution in [0.1, 0.15) is 6.92 Å². The monoisotopic (exact) mass is 519 g/mol. The summed E-state index contributed by atoms with van der Waals surface area (Å²) in [6.07, 6.45) is 0.826. The van der Waals surface area contributed by atoms with Crippen molar-refractivity contribution in [2.24, 2.45) is 0 Å². The van der Waals surface area contributed by atoms with Crippen molar-refractivity contribution in [2.45, 2.75) is 13.7 Å². The van der Waals surface area contributed by atoms with E-state index in [1.807, 2.05) is 23.1 Å². The maximum atomic E-state index is 12.7. The van der Waals surface area contributed by atoms with Crippen LogP contribution in [0.2, 0.25) is 6.82 Å². The fraction of sp³-hybridized carbons (Fsp3) is 0.310. The molecule has 3 rings (SSSR count). The molecule has 196 valence electrons. The molecule has 0 bridgehead atoms. The zero-order chi connectivity index (χ0) is 26.8. The number of likely N-dealkylation sites (N-methyl/N-ethyl adjacent to an activating group) is 2. The van der Waals surface area contributed by atoms with E-state index in [0.717, 1.165) is 6.16 Å². The first-order chi connectivity index (χ1) is 17.8. The molecule has 8 heteroatoms. The molecule has 0 aliphatic rings. The molecule has 37 heavy (non-hydrogen) atoms. The average Bonchev–Trinajstić information content (AvgIpc) is 2.91. The van der Waals surface area contributed by atoms with Crippen LogP contribution in [0.25, 0.3) is 0 Å². The Bertz CT molecular complexity index is 1040. The predicted molar refractivity (Wildman–Crippen MR) is 158 cm³/mol. The number of benzene rings is 3. The number of rotatable bonds is 12. The normalized spacial score (nSPS) is 11.7. The predicted octanol–water partition coefficient (Wildman–Crippen LogP) is 2.06. The Labute approximate surface area is 222 Å². The van der Waals surface area contributed by atoms with Crippen molar-refractivity contribution in [1.82, 2.24) is 14.6 Å². The molecule has 0 aliphatic heterocycles. The summed E-state index contributed by atoms with van der Waals surface area (Å²) < 4.78 is 0. The van der Waals surface area contributed by atoms with Crippen LogP contribution < -0.4 is 15.9 Å². The van der Waals surface area contributed by atoms with Crippen LogP contribution in [-0.2, 0) is 9.59 Å². The van der Waals surface area contributed by atoms with Gasteiger partial charge in [-0.2, -0.15) is 0 Å². The molecule has 2 amide bonds. The molecule has 0 atom stereocenters. The molecule has 0 aromatic heterocycles. The Morgan fingerprint density at radius 1 is 0.757 bits per heavy atom. The van der Waals surface area contributed by atoms with Gasteiger partial charge in [0.05, 0.1) is 0 Å². The Kier molecular flexibility index (Phi) is 10.5. The molecule has 3 aromatic carbocycles. The third kappa shape index (κ3) is 7.29. The van der Waals surface area contributed by atoms with Crippen molar-refractivity contribution in [3.63, 3.8) is 0 Å². The molecule has 6 nitrogen and oxygen atoms in total. The molecule has 0 spiro atoms. The number of carbonyl (C=O) groups is 2. The van der Waals surface area contributed by atoms with Crippen molar-refractivity contribution < 1.29 is 14.6 Å². The summed E-state index contributed by atoms with van der Waals surface area (Å²) in [4.78, 5) is 30.4. The van der Waals surface area contributed by atoms with Gasteiger partial charge in [0.2, 0.25) is 0 Å². The van der Waals surface area contributed by atoms with Gasteiger partial charge >= 0.3 is 222 Å². The second kappa shape index (κ2) is 13.5. The van der Waals surface area contributed by atoms with Crippen LogP contribution in [0.3, 0.4) is 0 Å². The van der Waals surface area contributed by atoms with Crippen molar-refractivity contribution in [3.8, 4) is 0 Å². The van der Waals surface area contributed by atoms with Crippen LogP contribution in [-0.4, -0.2) is 84.9 Å². The van der Waals surface area contributed by atoms with E-state index >= 15 is 0 Å². The third-order valence-corrected chi connectivity index (χ3v) is 12.1. The number of hydrogen-bond acceptors (Lipinski definition) is 4. The molecule has 0 fully saturated rings. The zero-order valence-corrected chi connectivity index (χ0v) is 23.4. The van der Waals surface area contributed by atoms with E-state index in [-0.39, 0.29) is 18.4 Å². The van der Waals surface area contributed by atoms with Gasteiger partial charge in [-0.3, -0.25) is 0 Å². The van der Waals surface area contributed by atoms with Gasteiger partial charge in [-0.15, -0.1) is 0 Å². The summed E-state index contributed by atoms with van der Waals surface area (Å²) >= 11 is 0. The molecule has 3 aromatic rings. The summed E-state index contributed by atoms with van der Waals surface area (Å²) in [6, 6.07) is 32.0. The van der Waals surface area contributed by atoms with Gasteiger partial charge in [0.25, 0.3) is 0 Å². The SMILES string of the molecule is CB(O)N(C)CC(=O)N(C)CCN(CC[PH](c1ccccc1)(c1ccccc1)c1ccccc1)C(C)=O. The van der Waals surface area contributed by atoms with Crippen LogP contribution >= 0.6 is 7.26 Å². The molecule has 1 N–H and O–H groups in total. The number of hydrogen-bond donors (Lipinski definition) is 1. The minimum atomic E-state index is -2.45. The van der Waals surface area contributed by atoms with E-state index in [4.69, 9.17) is 0 Å². The topological polar surface area (TPSA) is 64.1 Å². The van der Waals surface area contributed by atoms with E-state index in [1.54, 1.807) is 37.6 Å². The van der Waals surface area contributed by atoms with Gasteiger partial charge in [-0.25, -0.2) is 0 Å². The Morgan fingerprint density at radius 3 is 1.57 bits per heavy atom.